The molecular formula is C17H16O5. The van der Waals surface area contributed by atoms with Crippen molar-refractivity contribution < 1.29 is 23.8 Å². The molecule has 0 saturated carbocycles. The van der Waals surface area contributed by atoms with Gasteiger partial charge in [0.15, 0.2) is 6.61 Å². The molecule has 0 fully saturated rings. The second-order valence-electron chi connectivity index (χ2n) is 4.45. The predicted octanol–water partition coefficient (Wildman–Crippen LogP) is 2.60. The molecule has 0 aliphatic carbocycles. The van der Waals surface area contributed by atoms with Gasteiger partial charge in [0.25, 0.3) is 0 Å². The average molecular weight is 300 g/mol. The van der Waals surface area contributed by atoms with E-state index in [0.29, 0.717) is 11.3 Å². The molecule has 2 aromatic rings. The van der Waals surface area contributed by atoms with E-state index in [1.807, 2.05) is 30.3 Å². The summed E-state index contributed by atoms with van der Waals surface area (Å²) in [6, 6.07) is 15.7. The first-order valence-corrected chi connectivity index (χ1v) is 6.70. The van der Waals surface area contributed by atoms with Crippen molar-refractivity contribution in [2.75, 3.05) is 13.7 Å². The highest BCUT2D eigenvalue weighted by atomic mass is 16.6. The highest BCUT2D eigenvalue weighted by Crippen LogP contribution is 2.12. The number of hydrogen-bond donors (Lipinski definition) is 0. The van der Waals surface area contributed by atoms with Gasteiger partial charge in [0.05, 0.1) is 12.7 Å². The van der Waals surface area contributed by atoms with Gasteiger partial charge in [0.2, 0.25) is 0 Å². The Morgan fingerprint density at radius 3 is 2.23 bits per heavy atom. The van der Waals surface area contributed by atoms with Gasteiger partial charge in [-0.2, -0.15) is 0 Å². The molecule has 0 atom stereocenters. The lowest BCUT2D eigenvalue weighted by molar-refractivity contribution is -0.148. The van der Waals surface area contributed by atoms with Gasteiger partial charge in [-0.3, -0.25) is 0 Å². The Balaban J connectivity index is 1.76. The van der Waals surface area contributed by atoms with Crippen molar-refractivity contribution in [2.45, 2.75) is 6.61 Å². The minimum Gasteiger partial charge on any atom is -0.497 e. The zero-order valence-electron chi connectivity index (χ0n) is 12.2. The van der Waals surface area contributed by atoms with Crippen LogP contribution in [0.2, 0.25) is 0 Å². The normalized spacial score (nSPS) is 9.86. The zero-order chi connectivity index (χ0) is 15.8. The van der Waals surface area contributed by atoms with Crippen LogP contribution in [0.15, 0.2) is 54.6 Å². The number of esters is 2. The number of benzene rings is 2. The van der Waals surface area contributed by atoms with Gasteiger partial charge in [-0.15, -0.1) is 0 Å². The third-order valence-electron chi connectivity index (χ3n) is 2.89. The zero-order valence-corrected chi connectivity index (χ0v) is 12.2. The molecule has 0 amide bonds. The van der Waals surface area contributed by atoms with Gasteiger partial charge in [-0.25, -0.2) is 9.59 Å². The van der Waals surface area contributed by atoms with E-state index in [9.17, 15) is 9.59 Å². The summed E-state index contributed by atoms with van der Waals surface area (Å²) >= 11 is 0. The number of carbonyl (C=O) groups is 2. The Bertz CT molecular complexity index is 619. The van der Waals surface area contributed by atoms with E-state index in [0.717, 1.165) is 5.56 Å². The first-order chi connectivity index (χ1) is 10.7. The third kappa shape index (κ3) is 4.63. The molecule has 0 unspecified atom stereocenters. The second-order valence-corrected chi connectivity index (χ2v) is 4.45. The SMILES string of the molecule is COc1ccc(C(=O)OCC(=O)OCc2ccccc2)cc1. The molecular weight excluding hydrogens is 284 g/mol. The summed E-state index contributed by atoms with van der Waals surface area (Å²) in [5.41, 5.74) is 1.22. The molecule has 2 aromatic carbocycles. The van der Waals surface area contributed by atoms with E-state index in [1.54, 1.807) is 24.3 Å². The number of methoxy groups -OCH3 is 1. The van der Waals surface area contributed by atoms with Crippen molar-refractivity contribution >= 4 is 11.9 Å². The molecule has 0 radical (unpaired) electrons. The van der Waals surface area contributed by atoms with Gasteiger partial charge >= 0.3 is 11.9 Å². The van der Waals surface area contributed by atoms with E-state index in [1.165, 1.54) is 7.11 Å². The molecule has 0 spiro atoms. The van der Waals surface area contributed by atoms with Crippen LogP contribution in [0.25, 0.3) is 0 Å². The van der Waals surface area contributed by atoms with Crippen LogP contribution in [-0.4, -0.2) is 25.7 Å². The Morgan fingerprint density at radius 2 is 1.59 bits per heavy atom. The molecule has 22 heavy (non-hydrogen) atoms. The summed E-state index contributed by atoms with van der Waals surface area (Å²) in [7, 11) is 1.54. The fourth-order valence-electron chi connectivity index (χ4n) is 1.71. The van der Waals surface area contributed by atoms with Gasteiger partial charge in [0, 0.05) is 0 Å². The maximum absolute atomic E-state index is 11.8. The van der Waals surface area contributed by atoms with Crippen LogP contribution in [-0.2, 0) is 20.9 Å². The molecule has 114 valence electrons. The van der Waals surface area contributed by atoms with Gasteiger partial charge in [0.1, 0.15) is 12.4 Å². The molecule has 0 saturated heterocycles. The van der Waals surface area contributed by atoms with Crippen LogP contribution in [0, 0.1) is 0 Å². The van der Waals surface area contributed by atoms with Gasteiger partial charge < -0.3 is 14.2 Å². The number of carbonyl (C=O) groups excluding carboxylic acids is 2. The molecule has 2 rings (SSSR count). The van der Waals surface area contributed by atoms with Crippen LogP contribution in [0.1, 0.15) is 15.9 Å². The number of ether oxygens (including phenoxy) is 3. The largest absolute Gasteiger partial charge is 0.497 e. The summed E-state index contributed by atoms with van der Waals surface area (Å²) in [4.78, 5) is 23.3. The highest BCUT2D eigenvalue weighted by Gasteiger charge is 2.11. The maximum atomic E-state index is 11.8. The summed E-state index contributed by atoms with van der Waals surface area (Å²) < 4.78 is 14.9. The Kier molecular flexibility index (Phi) is 5.54. The smallest absolute Gasteiger partial charge is 0.344 e. The monoisotopic (exact) mass is 300 g/mol. The minimum atomic E-state index is -0.592. The first kappa shape index (κ1) is 15.6. The summed E-state index contributed by atoms with van der Waals surface area (Å²) in [6.07, 6.45) is 0. The third-order valence-corrected chi connectivity index (χ3v) is 2.89. The van der Waals surface area contributed by atoms with Crippen molar-refractivity contribution in [3.8, 4) is 5.75 Å². The van der Waals surface area contributed by atoms with E-state index in [4.69, 9.17) is 14.2 Å². The van der Waals surface area contributed by atoms with Crippen molar-refractivity contribution in [1.29, 1.82) is 0 Å². The maximum Gasteiger partial charge on any atom is 0.344 e. The van der Waals surface area contributed by atoms with E-state index < -0.39 is 18.5 Å². The van der Waals surface area contributed by atoms with Crippen molar-refractivity contribution in [2.24, 2.45) is 0 Å². The fourth-order valence-corrected chi connectivity index (χ4v) is 1.71. The number of rotatable bonds is 6. The van der Waals surface area contributed by atoms with E-state index in [2.05, 4.69) is 0 Å². The highest BCUT2D eigenvalue weighted by molar-refractivity contribution is 5.90. The van der Waals surface area contributed by atoms with Crippen molar-refractivity contribution in [3.63, 3.8) is 0 Å². The molecule has 5 heteroatoms. The van der Waals surface area contributed by atoms with Crippen molar-refractivity contribution in [1.82, 2.24) is 0 Å². The van der Waals surface area contributed by atoms with Crippen molar-refractivity contribution in [3.05, 3.63) is 65.7 Å². The molecule has 0 N–H and O–H groups in total. The predicted molar refractivity (Wildman–Crippen MR) is 79.5 cm³/mol. The van der Waals surface area contributed by atoms with Crippen LogP contribution < -0.4 is 4.74 Å². The molecule has 0 heterocycles. The summed E-state index contributed by atoms with van der Waals surface area (Å²) in [6.45, 7) is -0.266. The van der Waals surface area contributed by atoms with Gasteiger partial charge in [-0.05, 0) is 29.8 Å². The molecule has 0 bridgehead atoms. The van der Waals surface area contributed by atoms with Crippen LogP contribution in [0.4, 0.5) is 0 Å². The molecule has 0 aliphatic heterocycles. The summed E-state index contributed by atoms with van der Waals surface area (Å²) in [5.74, 6) is -0.538. The Morgan fingerprint density at radius 1 is 0.909 bits per heavy atom. The topological polar surface area (TPSA) is 61.8 Å². The van der Waals surface area contributed by atoms with E-state index >= 15 is 0 Å². The standard InChI is InChI=1S/C17H16O5/c1-20-15-9-7-14(8-10-15)17(19)22-12-16(18)21-11-13-5-3-2-4-6-13/h2-10H,11-12H2,1H3. The van der Waals surface area contributed by atoms with Crippen LogP contribution >= 0.6 is 0 Å². The lowest BCUT2D eigenvalue weighted by atomic mass is 10.2. The van der Waals surface area contributed by atoms with E-state index in [-0.39, 0.29) is 6.61 Å². The van der Waals surface area contributed by atoms with Gasteiger partial charge in [-0.1, -0.05) is 30.3 Å². The Labute approximate surface area is 128 Å². The fraction of sp³-hybridized carbons (Fsp3) is 0.176. The molecule has 0 aliphatic rings. The quantitative estimate of drug-likeness (QED) is 0.767. The molecule has 5 nitrogen and oxygen atoms in total. The lowest BCUT2D eigenvalue weighted by Crippen LogP contribution is -2.16. The summed E-state index contributed by atoms with van der Waals surface area (Å²) in [5, 5.41) is 0. The minimum absolute atomic E-state index is 0.153. The average Bonchev–Trinajstić information content (AvgIpc) is 2.58. The molecule has 0 aromatic heterocycles. The van der Waals surface area contributed by atoms with Crippen LogP contribution in [0.5, 0.6) is 5.75 Å². The van der Waals surface area contributed by atoms with Crippen LogP contribution in [0.3, 0.4) is 0 Å². The first-order valence-electron chi connectivity index (χ1n) is 6.70. The second kappa shape index (κ2) is 7.83. The lowest BCUT2D eigenvalue weighted by Gasteiger charge is -2.06. The number of hydrogen-bond acceptors (Lipinski definition) is 5. The Hall–Kier alpha value is -2.82.